The van der Waals surface area contributed by atoms with Crippen LogP contribution in [0.5, 0.6) is 5.75 Å². The fourth-order valence-electron chi connectivity index (χ4n) is 6.69. The van der Waals surface area contributed by atoms with Crippen LogP contribution in [0, 0.1) is 0 Å². The number of anilines is 1. The van der Waals surface area contributed by atoms with Gasteiger partial charge >= 0.3 is 5.97 Å². The van der Waals surface area contributed by atoms with Gasteiger partial charge < -0.3 is 24.8 Å². The van der Waals surface area contributed by atoms with Gasteiger partial charge in [-0.25, -0.2) is 4.79 Å². The molecule has 11 nitrogen and oxygen atoms in total. The van der Waals surface area contributed by atoms with Gasteiger partial charge in [-0.2, -0.15) is 0 Å². The number of piperidine rings is 1. The second kappa shape index (κ2) is 11.9. The van der Waals surface area contributed by atoms with Crippen LogP contribution in [0.4, 0.5) is 5.69 Å². The molecule has 4 atom stereocenters. The van der Waals surface area contributed by atoms with Crippen LogP contribution in [0.15, 0.2) is 42.5 Å². The molecule has 0 spiro atoms. The van der Waals surface area contributed by atoms with Gasteiger partial charge in [0.2, 0.25) is 5.91 Å². The number of nitrogens with zero attached hydrogens (tertiary/aromatic N) is 3. The maximum absolute atomic E-state index is 13.2. The van der Waals surface area contributed by atoms with Crippen LogP contribution in [0.3, 0.4) is 0 Å². The Morgan fingerprint density at radius 1 is 0.909 bits per heavy atom. The van der Waals surface area contributed by atoms with Crippen LogP contribution >= 0.6 is 0 Å². The molecule has 2 aromatic carbocycles. The normalized spacial score (nSPS) is 26.0. The summed E-state index contributed by atoms with van der Waals surface area (Å²) in [7, 11) is 0. The van der Waals surface area contributed by atoms with E-state index in [2.05, 4.69) is 15.1 Å². The van der Waals surface area contributed by atoms with E-state index in [1.807, 2.05) is 45.0 Å². The number of carbonyl (C=O) groups is 4. The highest BCUT2D eigenvalue weighted by atomic mass is 16.6. The number of amides is 3. The average Bonchev–Trinajstić information content (AvgIpc) is 3.54. The lowest BCUT2D eigenvalue weighted by atomic mass is 10.0. The van der Waals surface area contributed by atoms with Crippen molar-refractivity contribution in [1.29, 1.82) is 0 Å². The summed E-state index contributed by atoms with van der Waals surface area (Å²) in [6.07, 6.45) is 1.91. The van der Waals surface area contributed by atoms with Gasteiger partial charge in [0.15, 0.2) is 0 Å². The van der Waals surface area contributed by atoms with Gasteiger partial charge in [0, 0.05) is 44.3 Å². The van der Waals surface area contributed by atoms with Gasteiger partial charge in [-0.3, -0.25) is 24.2 Å². The quantitative estimate of drug-likeness (QED) is 0.378. The van der Waals surface area contributed by atoms with Crippen LogP contribution < -0.4 is 15.0 Å². The maximum Gasteiger partial charge on any atom is 0.338 e. The molecule has 1 saturated carbocycles. The van der Waals surface area contributed by atoms with E-state index in [4.69, 9.17) is 9.47 Å². The highest BCUT2D eigenvalue weighted by Gasteiger charge is 2.44. The van der Waals surface area contributed by atoms with E-state index in [1.54, 1.807) is 18.2 Å². The number of aliphatic hydroxyl groups is 1. The topological polar surface area (TPSA) is 129 Å². The van der Waals surface area contributed by atoms with Crippen molar-refractivity contribution in [2.45, 2.75) is 82.9 Å². The Balaban J connectivity index is 1.01. The molecule has 0 aromatic heterocycles. The SMILES string of the molecule is CC(C)(C)OC(=O)c1ccc(N2CCN([C@@H]3CC[C@H](Oc4ccc5c(c4)C(=O)N(C4CCC(=O)NC4O)C5=O)C3)CC2)cc1. The van der Waals surface area contributed by atoms with Crippen molar-refractivity contribution in [2.75, 3.05) is 31.1 Å². The molecule has 234 valence electrons. The summed E-state index contributed by atoms with van der Waals surface area (Å²) in [6, 6.07) is 12.2. The first-order valence-electron chi connectivity index (χ1n) is 15.5. The summed E-state index contributed by atoms with van der Waals surface area (Å²) in [5, 5.41) is 12.7. The Morgan fingerprint density at radius 2 is 1.61 bits per heavy atom. The highest BCUT2D eigenvalue weighted by molar-refractivity contribution is 6.21. The predicted molar refractivity (Wildman–Crippen MR) is 162 cm³/mol. The number of ether oxygens (including phenoxy) is 2. The number of piperazine rings is 1. The second-order valence-corrected chi connectivity index (χ2v) is 13.1. The largest absolute Gasteiger partial charge is 0.490 e. The molecule has 4 aliphatic rings. The molecule has 2 N–H and O–H groups in total. The molecule has 3 fully saturated rings. The highest BCUT2D eigenvalue weighted by Crippen LogP contribution is 2.34. The minimum absolute atomic E-state index is 0.00941. The van der Waals surface area contributed by atoms with Crippen molar-refractivity contribution in [2.24, 2.45) is 0 Å². The van der Waals surface area contributed by atoms with Crippen LogP contribution in [0.2, 0.25) is 0 Å². The first-order chi connectivity index (χ1) is 21.0. The Hall–Kier alpha value is -3.96. The molecule has 2 aromatic rings. The predicted octanol–water partition coefficient (Wildman–Crippen LogP) is 2.96. The summed E-state index contributed by atoms with van der Waals surface area (Å²) in [5.41, 5.74) is 1.67. The molecule has 6 rings (SSSR count). The van der Waals surface area contributed by atoms with Crippen LogP contribution in [0.1, 0.15) is 83.9 Å². The zero-order valence-electron chi connectivity index (χ0n) is 25.5. The van der Waals surface area contributed by atoms with Crippen LogP contribution in [-0.4, -0.2) is 94.8 Å². The smallest absolute Gasteiger partial charge is 0.338 e. The lowest BCUT2D eigenvalue weighted by Gasteiger charge is -2.39. The number of hydrogen-bond acceptors (Lipinski definition) is 9. The number of carbonyl (C=O) groups excluding carboxylic acids is 4. The lowest BCUT2D eigenvalue weighted by Crippen LogP contribution is -2.57. The molecular formula is C33H40N4O7. The minimum Gasteiger partial charge on any atom is -0.490 e. The van der Waals surface area contributed by atoms with Gasteiger partial charge in [0.1, 0.15) is 23.7 Å². The third-order valence-electron chi connectivity index (χ3n) is 8.92. The van der Waals surface area contributed by atoms with Crippen LogP contribution in [0.25, 0.3) is 0 Å². The molecule has 11 heteroatoms. The Morgan fingerprint density at radius 3 is 2.30 bits per heavy atom. The number of benzene rings is 2. The van der Waals surface area contributed by atoms with Crippen LogP contribution in [-0.2, 0) is 9.53 Å². The van der Waals surface area contributed by atoms with E-state index in [1.165, 1.54) is 0 Å². The first kappa shape index (κ1) is 30.1. The second-order valence-electron chi connectivity index (χ2n) is 13.1. The van der Waals surface area contributed by atoms with Crippen molar-refractivity contribution in [3.05, 3.63) is 59.2 Å². The van der Waals surface area contributed by atoms with Gasteiger partial charge in [-0.15, -0.1) is 0 Å². The Kier molecular flexibility index (Phi) is 8.10. The van der Waals surface area contributed by atoms with Crippen molar-refractivity contribution >= 4 is 29.4 Å². The fraction of sp³-hybridized carbons (Fsp3) is 0.515. The standard InChI is InChI=1S/C33H40N4O7/c1-33(2,3)44-32(42)20-4-6-21(7-5-20)35-14-16-36(17-15-35)22-8-9-23(18-22)43-24-10-11-25-26(19-24)31(41)37(30(25)40)27-12-13-28(38)34-29(27)39/h4-7,10-11,19,22-23,27,29,39H,8-9,12-18H2,1-3H3,(H,34,38)/t22-,23+,27?,29?/m1/s1. The average molecular weight is 605 g/mol. The zero-order chi connectivity index (χ0) is 31.2. The third kappa shape index (κ3) is 6.16. The third-order valence-corrected chi connectivity index (χ3v) is 8.92. The molecule has 1 aliphatic carbocycles. The monoisotopic (exact) mass is 604 g/mol. The Labute approximate surface area is 257 Å². The number of imide groups is 1. The summed E-state index contributed by atoms with van der Waals surface area (Å²) in [4.78, 5) is 56.1. The number of nitrogens with one attached hydrogen (secondary N) is 1. The van der Waals surface area contributed by atoms with Gasteiger partial charge in [-0.05, 0) is 88.9 Å². The summed E-state index contributed by atoms with van der Waals surface area (Å²) >= 11 is 0. The molecule has 0 radical (unpaired) electrons. The number of aliphatic hydroxyl groups excluding tert-OH is 1. The maximum atomic E-state index is 13.2. The van der Waals surface area contributed by atoms with E-state index in [0.717, 1.165) is 56.0 Å². The molecule has 2 saturated heterocycles. The number of fused-ring (bicyclic) bond motifs is 1. The van der Waals surface area contributed by atoms with E-state index in [9.17, 15) is 24.3 Å². The first-order valence-corrected chi connectivity index (χ1v) is 15.5. The van der Waals surface area contributed by atoms with Crippen molar-refractivity contribution < 1.29 is 33.8 Å². The molecular weight excluding hydrogens is 564 g/mol. The molecule has 2 unspecified atom stereocenters. The van der Waals surface area contributed by atoms with Crippen molar-refractivity contribution in [3.63, 3.8) is 0 Å². The Bertz CT molecular complexity index is 1450. The van der Waals surface area contributed by atoms with Crippen molar-refractivity contribution in [3.8, 4) is 5.75 Å². The van der Waals surface area contributed by atoms with E-state index in [0.29, 0.717) is 17.4 Å². The molecule has 44 heavy (non-hydrogen) atoms. The summed E-state index contributed by atoms with van der Waals surface area (Å²) < 4.78 is 11.8. The number of esters is 1. The summed E-state index contributed by atoms with van der Waals surface area (Å²) in [6.45, 7) is 9.23. The van der Waals surface area contributed by atoms with Crippen molar-refractivity contribution in [1.82, 2.24) is 15.1 Å². The van der Waals surface area contributed by atoms with E-state index < -0.39 is 29.7 Å². The van der Waals surface area contributed by atoms with Gasteiger partial charge in [-0.1, -0.05) is 0 Å². The van der Waals surface area contributed by atoms with E-state index >= 15 is 0 Å². The fourth-order valence-corrected chi connectivity index (χ4v) is 6.69. The molecule has 3 amide bonds. The number of hydrogen-bond donors (Lipinski definition) is 2. The van der Waals surface area contributed by atoms with Gasteiger partial charge in [0.05, 0.1) is 22.7 Å². The molecule has 3 aliphatic heterocycles. The molecule has 0 bridgehead atoms. The minimum atomic E-state index is -1.28. The zero-order valence-corrected chi connectivity index (χ0v) is 25.5. The lowest BCUT2D eigenvalue weighted by molar-refractivity contribution is -0.129. The van der Waals surface area contributed by atoms with E-state index in [-0.39, 0.29) is 41.9 Å². The van der Waals surface area contributed by atoms with Gasteiger partial charge in [0.25, 0.3) is 11.8 Å². The molecule has 3 heterocycles. The number of rotatable bonds is 6. The summed E-state index contributed by atoms with van der Waals surface area (Å²) in [5.74, 6) is -1.00.